The van der Waals surface area contributed by atoms with Gasteiger partial charge in [-0.1, -0.05) is 30.3 Å². The first kappa shape index (κ1) is 21.4. The van der Waals surface area contributed by atoms with Crippen LogP contribution in [0.15, 0.2) is 40.7 Å². The van der Waals surface area contributed by atoms with Crippen LogP contribution in [0.25, 0.3) is 0 Å². The molecule has 1 saturated carbocycles. The first-order valence-corrected chi connectivity index (χ1v) is 10.9. The molecule has 0 atom stereocenters. The number of nitrogens with zero attached hydrogens (tertiary/aromatic N) is 3. The Morgan fingerprint density at radius 2 is 1.93 bits per heavy atom. The van der Waals surface area contributed by atoms with E-state index in [0.717, 1.165) is 38.6 Å². The van der Waals surface area contributed by atoms with Crippen LogP contribution in [0.3, 0.4) is 0 Å². The Bertz CT molecular complexity index is 766. The number of halogens is 1. The number of anilines is 1. The quantitative estimate of drug-likeness (QED) is 0.338. The summed E-state index contributed by atoms with van der Waals surface area (Å²) >= 11 is 1.77. The van der Waals surface area contributed by atoms with Crippen molar-refractivity contribution in [3.8, 4) is 0 Å². The fraction of sp³-hybridized carbons (Fsp3) is 0.524. The smallest absolute Gasteiger partial charge is 0.191 e. The summed E-state index contributed by atoms with van der Waals surface area (Å²) in [4.78, 5) is 11.6. The van der Waals surface area contributed by atoms with Gasteiger partial charge in [0.05, 0.1) is 5.69 Å². The van der Waals surface area contributed by atoms with Crippen LogP contribution in [0.5, 0.6) is 0 Å². The molecule has 1 aliphatic carbocycles. The third kappa shape index (κ3) is 5.17. The third-order valence-corrected chi connectivity index (χ3v) is 6.60. The normalized spacial score (nSPS) is 17.9. The summed E-state index contributed by atoms with van der Waals surface area (Å²) in [5, 5.41) is 10.3. The number of hydrogen-bond donors (Lipinski definition) is 2. The highest BCUT2D eigenvalue weighted by atomic mass is 127. The molecule has 0 radical (unpaired) electrons. The molecular formula is C21H30IN5S. The summed E-state index contributed by atoms with van der Waals surface area (Å²) < 4.78 is 0. The van der Waals surface area contributed by atoms with Crippen LogP contribution in [-0.2, 0) is 11.8 Å². The van der Waals surface area contributed by atoms with Crippen LogP contribution in [0.4, 0.5) is 5.13 Å². The van der Waals surface area contributed by atoms with Crippen molar-refractivity contribution < 1.29 is 0 Å². The average Bonchev–Trinajstić information content (AvgIpc) is 3.10. The zero-order valence-electron chi connectivity index (χ0n) is 16.5. The van der Waals surface area contributed by atoms with Gasteiger partial charge in [-0.25, -0.2) is 4.98 Å². The molecule has 0 amide bonds. The lowest BCUT2D eigenvalue weighted by molar-refractivity contribution is 0.645. The van der Waals surface area contributed by atoms with E-state index in [1.165, 1.54) is 42.1 Å². The maximum atomic E-state index is 4.79. The van der Waals surface area contributed by atoms with Crippen molar-refractivity contribution in [1.82, 2.24) is 15.6 Å². The summed E-state index contributed by atoms with van der Waals surface area (Å²) in [6.45, 7) is 4.10. The maximum absolute atomic E-state index is 4.79. The topological polar surface area (TPSA) is 52.6 Å². The summed E-state index contributed by atoms with van der Waals surface area (Å²) in [6, 6.07) is 10.8. The Kier molecular flexibility index (Phi) is 7.56. The molecule has 4 rings (SSSR count). The monoisotopic (exact) mass is 511 g/mol. The third-order valence-electron chi connectivity index (χ3n) is 5.65. The van der Waals surface area contributed by atoms with Gasteiger partial charge in [0.25, 0.3) is 0 Å². The van der Waals surface area contributed by atoms with Crippen molar-refractivity contribution >= 4 is 46.4 Å². The molecule has 152 valence electrons. The second-order valence-corrected chi connectivity index (χ2v) is 8.40. The van der Waals surface area contributed by atoms with Gasteiger partial charge in [0.15, 0.2) is 11.1 Å². The summed E-state index contributed by atoms with van der Waals surface area (Å²) in [7, 11) is 1.84. The number of rotatable bonds is 7. The molecule has 1 aromatic heterocycles. The van der Waals surface area contributed by atoms with Crippen LogP contribution in [-0.4, -0.2) is 44.2 Å². The number of guanidine groups is 1. The minimum Gasteiger partial charge on any atom is -0.356 e. The van der Waals surface area contributed by atoms with E-state index in [0.29, 0.717) is 5.41 Å². The first-order valence-electron chi connectivity index (χ1n) is 9.98. The largest absolute Gasteiger partial charge is 0.356 e. The van der Waals surface area contributed by atoms with E-state index in [1.54, 1.807) is 11.3 Å². The summed E-state index contributed by atoms with van der Waals surface area (Å²) in [6.07, 6.45) is 6.01. The highest BCUT2D eigenvalue weighted by Crippen LogP contribution is 2.47. The Labute approximate surface area is 189 Å². The number of nitrogens with one attached hydrogen (secondary N) is 2. The first-order chi connectivity index (χ1) is 13.3. The van der Waals surface area contributed by atoms with Crippen molar-refractivity contribution in [3.63, 3.8) is 0 Å². The number of aromatic nitrogens is 1. The highest BCUT2D eigenvalue weighted by molar-refractivity contribution is 14.0. The number of aliphatic imine (C=N–C) groups is 1. The SMILES string of the molecule is CN=C(NCCc1csc(N2CCCC2)n1)NCC1(c2ccccc2)CC1.I. The molecule has 28 heavy (non-hydrogen) atoms. The van der Waals surface area contributed by atoms with E-state index in [2.05, 4.69) is 56.2 Å². The Morgan fingerprint density at radius 3 is 2.61 bits per heavy atom. The second kappa shape index (κ2) is 9.91. The predicted molar refractivity (Wildman–Crippen MR) is 129 cm³/mol. The lowest BCUT2D eigenvalue weighted by atomic mass is 9.96. The highest BCUT2D eigenvalue weighted by Gasteiger charge is 2.43. The lowest BCUT2D eigenvalue weighted by Crippen LogP contribution is -2.42. The molecule has 0 spiro atoms. The van der Waals surface area contributed by atoms with E-state index in [9.17, 15) is 0 Å². The Morgan fingerprint density at radius 1 is 1.18 bits per heavy atom. The summed E-state index contributed by atoms with van der Waals surface area (Å²) in [5.41, 5.74) is 2.90. The average molecular weight is 511 g/mol. The molecule has 1 saturated heterocycles. The Hall–Kier alpha value is -1.35. The molecule has 0 bridgehead atoms. The fourth-order valence-electron chi connectivity index (χ4n) is 3.76. The fourth-order valence-corrected chi connectivity index (χ4v) is 4.67. The number of hydrogen-bond acceptors (Lipinski definition) is 4. The minimum atomic E-state index is 0. The molecule has 1 aromatic carbocycles. The van der Waals surface area contributed by atoms with Crippen molar-refractivity contribution in [2.24, 2.45) is 4.99 Å². The van der Waals surface area contributed by atoms with Crippen LogP contribution >= 0.6 is 35.3 Å². The molecule has 0 unspecified atom stereocenters. The van der Waals surface area contributed by atoms with Gasteiger partial charge in [-0.3, -0.25) is 4.99 Å². The van der Waals surface area contributed by atoms with E-state index in [4.69, 9.17) is 4.98 Å². The summed E-state index contributed by atoms with van der Waals surface area (Å²) in [5.74, 6) is 0.882. The molecule has 2 aliphatic rings. The maximum Gasteiger partial charge on any atom is 0.191 e. The van der Waals surface area contributed by atoms with Gasteiger partial charge in [0.1, 0.15) is 0 Å². The number of thiazole rings is 1. The molecule has 2 N–H and O–H groups in total. The molecule has 2 fully saturated rings. The van der Waals surface area contributed by atoms with Gasteiger partial charge >= 0.3 is 0 Å². The van der Waals surface area contributed by atoms with Gasteiger partial charge in [-0.05, 0) is 31.2 Å². The van der Waals surface area contributed by atoms with Crippen molar-refractivity contribution in [2.45, 2.75) is 37.5 Å². The van der Waals surface area contributed by atoms with Crippen LogP contribution in [0.1, 0.15) is 36.9 Å². The van der Waals surface area contributed by atoms with Gasteiger partial charge in [-0.15, -0.1) is 35.3 Å². The van der Waals surface area contributed by atoms with Crippen LogP contribution in [0, 0.1) is 0 Å². The van der Waals surface area contributed by atoms with Gasteiger partial charge < -0.3 is 15.5 Å². The Balaban J connectivity index is 0.00000225. The minimum absolute atomic E-state index is 0. The predicted octanol–water partition coefficient (Wildman–Crippen LogP) is 3.80. The molecule has 1 aliphatic heterocycles. The number of benzene rings is 1. The van der Waals surface area contributed by atoms with Crippen molar-refractivity contribution in [2.75, 3.05) is 38.1 Å². The molecule has 2 aromatic rings. The zero-order chi connectivity index (χ0) is 18.5. The van der Waals surface area contributed by atoms with Crippen molar-refractivity contribution in [1.29, 1.82) is 0 Å². The molecule has 5 nitrogen and oxygen atoms in total. The van der Waals surface area contributed by atoms with Gasteiger partial charge in [0.2, 0.25) is 0 Å². The standard InChI is InChI=1S/C21H29N5S.HI/c1-22-19(24-16-21(10-11-21)17-7-3-2-4-8-17)23-12-9-18-15-27-20(25-18)26-13-5-6-14-26;/h2-4,7-8,15H,5-6,9-14,16H2,1H3,(H2,22,23,24);1H. The van der Waals surface area contributed by atoms with E-state index < -0.39 is 0 Å². The van der Waals surface area contributed by atoms with E-state index in [-0.39, 0.29) is 24.0 Å². The second-order valence-electron chi connectivity index (χ2n) is 7.56. The van der Waals surface area contributed by atoms with Crippen LogP contribution in [0.2, 0.25) is 0 Å². The van der Waals surface area contributed by atoms with Crippen molar-refractivity contribution in [3.05, 3.63) is 47.0 Å². The van der Waals surface area contributed by atoms with E-state index >= 15 is 0 Å². The molecule has 2 heterocycles. The van der Waals surface area contributed by atoms with Gasteiger partial charge in [0, 0.05) is 50.4 Å². The molecular weight excluding hydrogens is 481 g/mol. The zero-order valence-corrected chi connectivity index (χ0v) is 19.6. The van der Waals surface area contributed by atoms with Gasteiger partial charge in [-0.2, -0.15) is 0 Å². The van der Waals surface area contributed by atoms with Crippen LogP contribution < -0.4 is 15.5 Å². The molecule has 7 heteroatoms. The lowest BCUT2D eigenvalue weighted by Gasteiger charge is -2.19. The van der Waals surface area contributed by atoms with E-state index in [1.807, 2.05) is 7.05 Å².